The van der Waals surface area contributed by atoms with Gasteiger partial charge in [0, 0.05) is 17.2 Å². The molecule has 1 aromatic heterocycles. The molecule has 0 bridgehead atoms. The molecule has 0 fully saturated rings. The summed E-state index contributed by atoms with van der Waals surface area (Å²) in [5.41, 5.74) is 1.30. The number of nitrogens with zero attached hydrogens (tertiary/aromatic N) is 1. The molecule has 18 heavy (non-hydrogen) atoms. The molecule has 0 aliphatic carbocycles. The molecule has 0 amide bonds. The number of halogens is 2. The minimum atomic E-state index is 0.410. The van der Waals surface area contributed by atoms with Gasteiger partial charge in [-0.2, -0.15) is 0 Å². The zero-order chi connectivity index (χ0) is 13.0. The Morgan fingerprint density at radius 2 is 2.06 bits per heavy atom. The molecule has 1 atom stereocenters. The van der Waals surface area contributed by atoms with E-state index in [-0.39, 0.29) is 0 Å². The summed E-state index contributed by atoms with van der Waals surface area (Å²) >= 11 is 9.44. The van der Waals surface area contributed by atoms with Gasteiger partial charge in [-0.1, -0.05) is 48.9 Å². The maximum absolute atomic E-state index is 6.10. The number of hydrogen-bond donors (Lipinski definition) is 1. The van der Waals surface area contributed by atoms with E-state index in [4.69, 9.17) is 11.6 Å². The van der Waals surface area contributed by atoms with Crippen LogP contribution in [0.3, 0.4) is 0 Å². The van der Waals surface area contributed by atoms with Gasteiger partial charge in [0.1, 0.15) is 5.82 Å². The maximum atomic E-state index is 6.10. The van der Waals surface area contributed by atoms with Crippen LogP contribution in [0.15, 0.2) is 47.1 Å². The molecule has 1 N–H and O–H groups in total. The van der Waals surface area contributed by atoms with Gasteiger partial charge in [-0.05, 0) is 33.5 Å². The van der Waals surface area contributed by atoms with Gasteiger partial charge in [-0.25, -0.2) is 4.98 Å². The van der Waals surface area contributed by atoms with Gasteiger partial charge in [0.2, 0.25) is 0 Å². The smallest absolute Gasteiger partial charge is 0.144 e. The van der Waals surface area contributed by atoms with Crippen molar-refractivity contribution in [3.8, 4) is 0 Å². The van der Waals surface area contributed by atoms with E-state index < -0.39 is 0 Å². The molecule has 1 unspecified atom stereocenters. The van der Waals surface area contributed by atoms with E-state index in [0.29, 0.717) is 10.9 Å². The lowest BCUT2D eigenvalue weighted by Gasteiger charge is -2.14. The van der Waals surface area contributed by atoms with E-state index in [2.05, 4.69) is 57.4 Å². The average molecular weight is 326 g/mol. The summed E-state index contributed by atoms with van der Waals surface area (Å²) in [6.07, 6.45) is 1.74. The fourth-order valence-electron chi connectivity index (χ4n) is 1.69. The second-order valence-electron chi connectivity index (χ2n) is 4.18. The SMILES string of the molecule is CC(CNc1ncc(Br)cc1Cl)c1ccccc1. The van der Waals surface area contributed by atoms with Crippen molar-refractivity contribution < 1.29 is 0 Å². The molecular formula is C14H14BrClN2. The van der Waals surface area contributed by atoms with Gasteiger partial charge < -0.3 is 5.32 Å². The van der Waals surface area contributed by atoms with Crippen LogP contribution in [0.5, 0.6) is 0 Å². The lowest BCUT2D eigenvalue weighted by molar-refractivity contribution is 0.801. The Bertz CT molecular complexity index is 516. The van der Waals surface area contributed by atoms with E-state index in [0.717, 1.165) is 16.8 Å². The van der Waals surface area contributed by atoms with E-state index in [1.165, 1.54) is 5.56 Å². The summed E-state index contributed by atoms with van der Waals surface area (Å²) in [5.74, 6) is 1.13. The molecule has 0 spiro atoms. The summed E-state index contributed by atoms with van der Waals surface area (Å²) < 4.78 is 0.883. The molecule has 2 nitrogen and oxygen atoms in total. The molecule has 94 valence electrons. The van der Waals surface area contributed by atoms with Crippen molar-refractivity contribution in [1.82, 2.24) is 4.98 Å². The van der Waals surface area contributed by atoms with E-state index >= 15 is 0 Å². The first kappa shape index (κ1) is 13.4. The first-order valence-corrected chi connectivity index (χ1v) is 6.94. The van der Waals surface area contributed by atoms with Crippen LogP contribution in [-0.4, -0.2) is 11.5 Å². The number of benzene rings is 1. The summed E-state index contributed by atoms with van der Waals surface area (Å²) in [6.45, 7) is 2.98. The van der Waals surface area contributed by atoms with Gasteiger partial charge >= 0.3 is 0 Å². The molecule has 4 heteroatoms. The summed E-state index contributed by atoms with van der Waals surface area (Å²) in [4.78, 5) is 4.25. The Labute approximate surface area is 121 Å². The molecule has 1 aromatic carbocycles. The van der Waals surface area contributed by atoms with Crippen molar-refractivity contribution in [3.63, 3.8) is 0 Å². The molecule has 0 saturated heterocycles. The average Bonchev–Trinajstić information content (AvgIpc) is 2.38. The molecule has 0 aliphatic heterocycles. The Balaban J connectivity index is 1.99. The molecular weight excluding hydrogens is 312 g/mol. The minimum absolute atomic E-state index is 0.410. The van der Waals surface area contributed by atoms with Crippen molar-refractivity contribution >= 4 is 33.3 Å². The topological polar surface area (TPSA) is 24.9 Å². The zero-order valence-electron chi connectivity index (χ0n) is 10.0. The van der Waals surface area contributed by atoms with Crippen LogP contribution in [0.25, 0.3) is 0 Å². The van der Waals surface area contributed by atoms with Gasteiger partial charge in [0.25, 0.3) is 0 Å². The van der Waals surface area contributed by atoms with Crippen molar-refractivity contribution in [2.75, 3.05) is 11.9 Å². The molecule has 0 aliphatic rings. The van der Waals surface area contributed by atoms with Crippen molar-refractivity contribution in [2.24, 2.45) is 0 Å². The quantitative estimate of drug-likeness (QED) is 0.880. The number of hydrogen-bond acceptors (Lipinski definition) is 2. The Hall–Kier alpha value is -1.06. The largest absolute Gasteiger partial charge is 0.368 e. The van der Waals surface area contributed by atoms with Gasteiger partial charge in [-0.3, -0.25) is 0 Å². The molecule has 2 aromatic rings. The van der Waals surface area contributed by atoms with Crippen LogP contribution < -0.4 is 5.32 Å². The normalized spacial score (nSPS) is 12.2. The summed E-state index contributed by atoms with van der Waals surface area (Å²) in [6, 6.07) is 12.2. The van der Waals surface area contributed by atoms with Gasteiger partial charge in [-0.15, -0.1) is 0 Å². The molecule has 2 rings (SSSR count). The fourth-order valence-corrected chi connectivity index (χ4v) is 2.39. The number of nitrogens with one attached hydrogen (secondary N) is 1. The number of rotatable bonds is 4. The summed E-state index contributed by atoms with van der Waals surface area (Å²) in [5, 5.41) is 3.90. The van der Waals surface area contributed by atoms with E-state index in [9.17, 15) is 0 Å². The van der Waals surface area contributed by atoms with E-state index in [1.807, 2.05) is 12.1 Å². The highest BCUT2D eigenvalue weighted by molar-refractivity contribution is 9.10. The predicted molar refractivity (Wildman–Crippen MR) is 80.3 cm³/mol. The second-order valence-corrected chi connectivity index (χ2v) is 5.50. The highest BCUT2D eigenvalue weighted by Gasteiger charge is 2.07. The van der Waals surface area contributed by atoms with Crippen LogP contribution >= 0.6 is 27.5 Å². The fraction of sp³-hybridized carbons (Fsp3) is 0.214. The Morgan fingerprint density at radius 3 is 2.72 bits per heavy atom. The lowest BCUT2D eigenvalue weighted by Crippen LogP contribution is -2.11. The third-order valence-corrected chi connectivity index (χ3v) is 3.47. The maximum Gasteiger partial charge on any atom is 0.144 e. The highest BCUT2D eigenvalue weighted by atomic mass is 79.9. The van der Waals surface area contributed by atoms with Crippen molar-refractivity contribution in [1.29, 1.82) is 0 Å². The molecule has 0 radical (unpaired) electrons. The first-order valence-electron chi connectivity index (χ1n) is 5.76. The first-order chi connectivity index (χ1) is 8.66. The predicted octanol–water partition coefficient (Wildman–Crippen LogP) is 4.71. The van der Waals surface area contributed by atoms with Crippen LogP contribution in [0.2, 0.25) is 5.02 Å². The van der Waals surface area contributed by atoms with Crippen LogP contribution in [-0.2, 0) is 0 Å². The monoisotopic (exact) mass is 324 g/mol. The van der Waals surface area contributed by atoms with Crippen molar-refractivity contribution in [3.05, 3.63) is 57.7 Å². The standard InChI is InChI=1S/C14H14BrClN2/c1-10(11-5-3-2-4-6-11)8-17-14-13(16)7-12(15)9-18-14/h2-7,9-10H,8H2,1H3,(H,17,18). The zero-order valence-corrected chi connectivity index (χ0v) is 12.4. The van der Waals surface area contributed by atoms with Crippen molar-refractivity contribution in [2.45, 2.75) is 12.8 Å². The summed E-state index contributed by atoms with van der Waals surface area (Å²) in [7, 11) is 0. The van der Waals surface area contributed by atoms with Crippen LogP contribution in [0.1, 0.15) is 18.4 Å². The third-order valence-electron chi connectivity index (χ3n) is 2.75. The molecule has 0 saturated carbocycles. The highest BCUT2D eigenvalue weighted by Crippen LogP contribution is 2.24. The Morgan fingerprint density at radius 1 is 1.33 bits per heavy atom. The Kier molecular flexibility index (Phi) is 4.61. The van der Waals surface area contributed by atoms with Gasteiger partial charge in [0.15, 0.2) is 0 Å². The third kappa shape index (κ3) is 3.47. The van der Waals surface area contributed by atoms with Crippen LogP contribution in [0.4, 0.5) is 5.82 Å². The molecule has 1 heterocycles. The lowest BCUT2D eigenvalue weighted by atomic mass is 10.0. The second kappa shape index (κ2) is 6.21. The number of anilines is 1. The minimum Gasteiger partial charge on any atom is -0.368 e. The van der Waals surface area contributed by atoms with Crippen LogP contribution in [0, 0.1) is 0 Å². The number of aromatic nitrogens is 1. The number of pyridine rings is 1. The van der Waals surface area contributed by atoms with Gasteiger partial charge in [0.05, 0.1) is 5.02 Å². The van der Waals surface area contributed by atoms with E-state index in [1.54, 1.807) is 6.20 Å².